The maximum Gasteiger partial charge on any atom is 0 e. The second kappa shape index (κ2) is 39.2. The fourth-order valence-electron chi connectivity index (χ4n) is 4.12. The summed E-state index contributed by atoms with van der Waals surface area (Å²) in [5.41, 5.74) is -0.174. The van der Waals surface area contributed by atoms with E-state index >= 15 is 0 Å². The molecule has 1 aliphatic rings. The van der Waals surface area contributed by atoms with Crippen LogP contribution >= 0.6 is 37.7 Å². The van der Waals surface area contributed by atoms with Crippen LogP contribution in [0.4, 0.5) is 13.2 Å². The van der Waals surface area contributed by atoms with Gasteiger partial charge in [-0.25, -0.2) is 34.3 Å². The number of hydrogen-bond donors (Lipinski definition) is 4. The van der Waals surface area contributed by atoms with Gasteiger partial charge in [0.25, 0.3) is 0 Å². The number of alkyl halides is 3. The molecule has 0 spiro atoms. The van der Waals surface area contributed by atoms with Gasteiger partial charge in [0, 0.05) is 94.7 Å². The molecule has 0 atom stereocenters. The molecule has 1 aliphatic heterocycles. The summed E-state index contributed by atoms with van der Waals surface area (Å²) in [5, 5.41) is 35.0. The zero-order valence-corrected chi connectivity index (χ0v) is 50.4. The number of carboxylic acids is 3. The van der Waals surface area contributed by atoms with Crippen LogP contribution in [-0.2, 0) is 42.5 Å². The maximum absolute atomic E-state index is 10.9. The van der Waals surface area contributed by atoms with Crippen molar-refractivity contribution in [1.29, 1.82) is 0 Å². The molecule has 1 fully saturated rings. The molecule has 70 heavy (non-hydrogen) atoms. The van der Waals surface area contributed by atoms with E-state index in [4.69, 9.17) is 86.7 Å². The van der Waals surface area contributed by atoms with Crippen molar-refractivity contribution in [3.8, 4) is 46.5 Å². The largest absolute Gasteiger partial charge is 0 e. The van der Waals surface area contributed by atoms with E-state index in [-0.39, 0.29) is 44.2 Å². The molecule has 0 aliphatic carbocycles. The van der Waals surface area contributed by atoms with Gasteiger partial charge >= 0.3 is 137 Å². The van der Waals surface area contributed by atoms with Crippen molar-refractivity contribution in [2.24, 2.45) is 5.16 Å². The van der Waals surface area contributed by atoms with E-state index in [0.717, 1.165) is 13.2 Å². The quantitative estimate of drug-likeness (QED) is 0.0328. The van der Waals surface area contributed by atoms with E-state index in [2.05, 4.69) is 31.2 Å². The summed E-state index contributed by atoms with van der Waals surface area (Å²) in [6.45, 7) is 3.64. The van der Waals surface area contributed by atoms with Crippen LogP contribution in [-0.4, -0.2) is 147 Å². The third kappa shape index (κ3) is 34.2. The first-order valence-corrected chi connectivity index (χ1v) is 46.6. The summed E-state index contributed by atoms with van der Waals surface area (Å²) < 4.78 is 58.9. The number of aromatic carboxylic acids is 2. The summed E-state index contributed by atoms with van der Waals surface area (Å²) >= 11 is -0.556. The fourth-order valence-corrected chi connectivity index (χ4v) is 4.12. The molecular weight excluding hydrogens is 1430 g/mol. The first kappa shape index (κ1) is 67.7. The maximum atomic E-state index is 10.9. The number of benzene rings is 2. The molecule has 6 aromatic rings. The Morgan fingerprint density at radius 2 is 1.03 bits per heavy atom. The average Bonchev–Trinajstić information content (AvgIpc) is 3.92. The van der Waals surface area contributed by atoms with E-state index in [0.29, 0.717) is 34.8 Å². The number of nitrogens with zero attached hydrogens (tertiary/aromatic N) is 5. The van der Waals surface area contributed by atoms with Crippen molar-refractivity contribution >= 4 is 125 Å². The fraction of sp³-hybridized carbons (Fsp3) is 0.143. The van der Waals surface area contributed by atoms with Crippen molar-refractivity contribution in [3.05, 3.63) is 145 Å². The Morgan fingerprint density at radius 3 is 1.39 bits per heavy atom. The van der Waals surface area contributed by atoms with Gasteiger partial charge in [-0.3, -0.25) is 0 Å². The monoisotopic (exact) mass is 1470 g/mol. The van der Waals surface area contributed by atoms with Gasteiger partial charge in [0.15, 0.2) is 11.4 Å². The van der Waals surface area contributed by atoms with Crippen LogP contribution in [0.1, 0.15) is 40.7 Å². The molecule has 0 unspecified atom stereocenters. The normalized spacial score (nSPS) is 11.2. The molecule has 0 radical (unpaired) electrons. The zero-order valence-electron chi connectivity index (χ0n) is 36.6. The molecule has 17 nitrogen and oxygen atoms in total. The summed E-state index contributed by atoms with van der Waals surface area (Å²) in [6.07, 6.45) is 2.04. The topological polar surface area (TPSA) is 242 Å². The van der Waals surface area contributed by atoms with Crippen LogP contribution in [0.3, 0.4) is 0 Å². The molecular formula is C42H37Cl4F3K2N5O12Pt2-. The first-order chi connectivity index (χ1) is 32.8. The number of hydrogen-bond acceptors (Lipinski definition) is 14. The number of oxime groups is 1. The second-order valence-corrected chi connectivity index (χ2v) is 31.4. The van der Waals surface area contributed by atoms with Crippen molar-refractivity contribution in [1.82, 2.24) is 19.9 Å². The minimum Gasteiger partial charge on any atom is 0 e. The zero-order chi connectivity index (χ0) is 51.7. The van der Waals surface area contributed by atoms with E-state index < -0.39 is 36.0 Å². The van der Waals surface area contributed by atoms with Crippen LogP contribution < -0.4 is 18.9 Å². The number of ether oxygens (including phenoxy) is 5. The van der Waals surface area contributed by atoms with Gasteiger partial charge in [0.1, 0.15) is 11.5 Å². The Labute approximate surface area is 477 Å². The second-order valence-electron chi connectivity index (χ2n) is 11.7. The Kier molecular flexibility index (Phi) is 37.9. The van der Waals surface area contributed by atoms with Gasteiger partial charge in [-0.2, -0.15) is 19.2 Å². The van der Waals surface area contributed by atoms with Gasteiger partial charge in [-0.05, 0) is 56.2 Å². The third-order valence-electron chi connectivity index (χ3n) is 6.77. The van der Waals surface area contributed by atoms with Crippen molar-refractivity contribution < 1.29 is 105 Å². The van der Waals surface area contributed by atoms with Gasteiger partial charge in [0.2, 0.25) is 23.5 Å². The third-order valence-corrected chi connectivity index (χ3v) is 6.77. The van der Waals surface area contributed by atoms with Crippen LogP contribution in [0.5, 0.6) is 46.5 Å². The molecule has 1 saturated heterocycles. The Bertz CT molecular complexity index is 2310. The van der Waals surface area contributed by atoms with Gasteiger partial charge in [-0.15, -0.1) is 17.3 Å². The molecule has 374 valence electrons. The van der Waals surface area contributed by atoms with Crippen LogP contribution in [0.25, 0.3) is 0 Å². The number of aromatic nitrogens is 4. The number of pyridine rings is 4. The molecule has 4 aromatic heterocycles. The predicted molar refractivity (Wildman–Crippen MR) is 247 cm³/mol. The van der Waals surface area contributed by atoms with Crippen molar-refractivity contribution in [2.45, 2.75) is 25.9 Å². The summed E-state index contributed by atoms with van der Waals surface area (Å²) in [5.74, 6) is -1.91. The van der Waals surface area contributed by atoms with Crippen LogP contribution in [0, 0.1) is 6.07 Å². The number of halogens is 7. The molecule has 7 rings (SSSR count). The van der Waals surface area contributed by atoms with E-state index in [1.807, 2.05) is 12.1 Å². The number of aliphatic carboxylic acids is 1. The van der Waals surface area contributed by atoms with E-state index in [9.17, 15) is 22.8 Å². The van der Waals surface area contributed by atoms with Crippen LogP contribution in [0.15, 0.2) is 133 Å². The number of carbonyl (C=O) groups is 3. The molecule has 4 N–H and O–H groups in total. The summed E-state index contributed by atoms with van der Waals surface area (Å²) in [6, 6.07) is 34.7. The predicted octanol–water partition coefficient (Wildman–Crippen LogP) is 11.2. The summed E-state index contributed by atoms with van der Waals surface area (Å²) in [7, 11) is 20.0. The molecule has 5 heterocycles. The minimum atomic E-state index is -5.08. The Morgan fingerprint density at radius 1 is 0.671 bits per heavy atom. The Hall–Kier alpha value is -2.32. The molecule has 2 aromatic carbocycles. The molecule has 0 bridgehead atoms. The van der Waals surface area contributed by atoms with E-state index in [1.54, 1.807) is 110 Å². The van der Waals surface area contributed by atoms with Crippen molar-refractivity contribution in [3.63, 3.8) is 0 Å². The molecule has 0 saturated carbocycles. The van der Waals surface area contributed by atoms with Crippen molar-refractivity contribution in [2.75, 3.05) is 13.2 Å². The minimum absolute atomic E-state index is 0. The number of rotatable bonds is 10. The molecule has 0 amide bonds. The average molecular weight is 1470 g/mol. The standard InChI is InChI=1S/C17H12N2O4.C17H11N2O4.C4H8O.C2HF3O2.C2H5NO.4ClH.2K.2Pt/c2*20-17(21)14-7-4-9-16(19-14)23-13-6-3-5-12(11-13)22-15-8-1-2-10-18-15;1-2-4-5-3-1;3-2(4,5)1(6)7;1-2-3-4;;;;;;;;/h1-11H,(H,20,21);1-10H,(H,20,21);1-4H2;(H,6,7);2,4H,1H3;4*1H;;;;/q;-1;;;;;;;;;;;+4/p-4/b;;;;3-2+;;;;;;;;. The Balaban J connectivity index is 0.000000937. The van der Waals surface area contributed by atoms with Crippen LogP contribution in [0.2, 0.25) is 0 Å². The number of carboxylic acid groups (broad SMARTS) is 3. The smallest absolute Gasteiger partial charge is 0 e. The summed E-state index contributed by atoms with van der Waals surface area (Å²) in [4.78, 5) is 46.7. The van der Waals surface area contributed by atoms with Gasteiger partial charge in [-0.1, -0.05) is 36.4 Å². The SMILES string of the molecule is C/C=N/O.C1CCOC1.O=C(O)C(F)(F)F.O=C(O)c1cccc(Oc2[c-]c(Oc3ccccn3)ccc2)n1.O=C(O)c1cccc(Oc2cccc(Oc3ccccn3)c2)n1.[Cl][Pt]([Cl])([Cl])[Cl].[K][K].[Pt]. The van der Waals surface area contributed by atoms with Gasteiger partial charge in [0.05, 0.1) is 0 Å². The van der Waals surface area contributed by atoms with E-state index in [1.165, 1.54) is 94.3 Å². The first-order valence-electron chi connectivity index (χ1n) is 19.3. The van der Waals surface area contributed by atoms with Gasteiger partial charge < -0.3 is 44.2 Å². The molecule has 28 heteroatoms.